The number of amides is 4. The molecule has 0 aromatic heterocycles. The van der Waals surface area contributed by atoms with E-state index in [4.69, 9.17) is 18.9 Å². The fourth-order valence-electron chi connectivity index (χ4n) is 6.48. The fraction of sp³-hybridized carbons (Fsp3) is 0.895. The van der Waals surface area contributed by atoms with Crippen molar-refractivity contribution in [3.63, 3.8) is 0 Å². The lowest BCUT2D eigenvalue weighted by Crippen LogP contribution is -2.65. The van der Waals surface area contributed by atoms with E-state index in [1.165, 1.54) is 0 Å². The number of ether oxygens (including phenoxy) is 4. The summed E-state index contributed by atoms with van der Waals surface area (Å²) in [6.07, 6.45) is 0.809. The summed E-state index contributed by atoms with van der Waals surface area (Å²) in [4.78, 5) is 55.6. The van der Waals surface area contributed by atoms with E-state index in [2.05, 4.69) is 42.5 Å². The van der Waals surface area contributed by atoms with Crippen LogP contribution in [0.25, 0.3) is 0 Å². The van der Waals surface area contributed by atoms with Crippen molar-refractivity contribution in [3.8, 4) is 0 Å². The van der Waals surface area contributed by atoms with Crippen molar-refractivity contribution in [1.29, 1.82) is 0 Å². The summed E-state index contributed by atoms with van der Waals surface area (Å²) in [6, 6.07) is 0. The summed E-state index contributed by atoms with van der Waals surface area (Å²) < 4.78 is 25.3. The van der Waals surface area contributed by atoms with E-state index < -0.39 is 44.6 Å². The van der Waals surface area contributed by atoms with Gasteiger partial charge in [0.2, 0.25) is 0 Å². The van der Waals surface area contributed by atoms with Gasteiger partial charge in [-0.25, -0.2) is 0 Å². The average Bonchev–Trinajstić information content (AvgIpc) is 3.01. The highest BCUT2D eigenvalue weighted by atomic mass is 16.5. The van der Waals surface area contributed by atoms with Gasteiger partial charge in [0.1, 0.15) is 0 Å². The molecule has 54 heavy (non-hydrogen) atoms. The van der Waals surface area contributed by atoms with Crippen molar-refractivity contribution in [2.75, 3.05) is 78.8 Å². The Hall–Kier alpha value is -2.44. The molecule has 8 N–H and O–H groups in total. The zero-order chi connectivity index (χ0) is 40.7. The minimum absolute atomic E-state index is 0.175. The minimum atomic E-state index is -1.26. The second-order valence-corrected chi connectivity index (χ2v) is 18.8. The van der Waals surface area contributed by atoms with Crippen LogP contribution in [0.15, 0.2) is 0 Å². The maximum absolute atomic E-state index is 13.9. The zero-order valence-corrected chi connectivity index (χ0v) is 35.2. The van der Waals surface area contributed by atoms with Gasteiger partial charge in [-0.2, -0.15) is 0 Å². The summed E-state index contributed by atoms with van der Waals surface area (Å²) in [5, 5.41) is 26.0. The molecule has 6 fully saturated rings. The summed E-state index contributed by atoms with van der Waals surface area (Å²) in [6.45, 7) is 25.0. The Morgan fingerprint density at radius 3 is 0.704 bits per heavy atom. The number of hydrogen-bond donors (Lipinski definition) is 8. The van der Waals surface area contributed by atoms with Gasteiger partial charge in [0, 0.05) is 74.5 Å². The van der Waals surface area contributed by atoms with Crippen LogP contribution in [-0.2, 0) is 38.1 Å². The lowest BCUT2D eigenvalue weighted by Gasteiger charge is -2.39. The molecule has 0 aromatic rings. The second-order valence-electron chi connectivity index (χ2n) is 18.8. The highest BCUT2D eigenvalue weighted by Gasteiger charge is 2.43. The molecular formula is C38H72N8O8. The van der Waals surface area contributed by atoms with E-state index in [0.717, 1.165) is 0 Å². The molecule has 0 aliphatic carbocycles. The molecule has 0 radical (unpaired) electrons. The number of carbonyl (C=O) groups is 4. The van der Waals surface area contributed by atoms with Crippen molar-refractivity contribution in [2.24, 2.45) is 0 Å². The lowest BCUT2D eigenvalue weighted by molar-refractivity contribution is -0.153. The first kappa shape index (κ1) is 45.9. The Labute approximate surface area is 323 Å². The predicted octanol–water partition coefficient (Wildman–Crippen LogP) is -0.154. The molecule has 6 aliphatic rings. The maximum Gasteiger partial charge on any atom is 0.253 e. The molecule has 0 unspecified atom stereocenters. The molecule has 6 heterocycles. The van der Waals surface area contributed by atoms with Gasteiger partial charge in [-0.05, 0) is 95.9 Å². The number of hydrogen-bond acceptors (Lipinski definition) is 12. The van der Waals surface area contributed by atoms with E-state index in [9.17, 15) is 19.2 Å². The lowest BCUT2D eigenvalue weighted by atomic mass is 9.96. The molecule has 6 rings (SSSR count). The maximum atomic E-state index is 13.9. The largest absolute Gasteiger partial charge is 0.364 e. The van der Waals surface area contributed by atoms with Crippen LogP contribution >= 0.6 is 0 Å². The van der Waals surface area contributed by atoms with E-state index >= 15 is 0 Å². The van der Waals surface area contributed by atoms with Gasteiger partial charge < -0.3 is 61.5 Å². The predicted molar refractivity (Wildman–Crippen MR) is 207 cm³/mol. The number of carbonyl (C=O) groups excluding carboxylic acids is 4. The summed E-state index contributed by atoms with van der Waals surface area (Å²) in [5.74, 6) is -1.13. The van der Waals surface area contributed by atoms with Gasteiger partial charge in [-0.15, -0.1) is 0 Å². The topological polar surface area (TPSA) is 201 Å². The van der Waals surface area contributed by atoms with Gasteiger partial charge in [0.05, 0.1) is 26.4 Å². The summed E-state index contributed by atoms with van der Waals surface area (Å²) in [7, 11) is 0. The van der Waals surface area contributed by atoms with E-state index in [1.54, 1.807) is 27.7 Å². The first-order valence-corrected chi connectivity index (χ1v) is 19.4. The standard InChI is InChI=1S/C38H72N8O8/c1-31(2)19-39-23-36(10)28(48)44-32(3,4)20-40-24-35(9,27(47)43-31)51-15-13-17-53-37(11)25-41-21-34(7,8)46-30(50)38(12,54-18-14-16-52-36)26-42-22-33(5,6)45-29(37)49/h39-42H,13-26H2,1-12H3,(H,43,47)(H,44,48)(H,45,49)(H,46,50)/t35-,36-,37+,38+. The molecule has 6 aliphatic heterocycles. The Balaban J connectivity index is 2.01. The molecule has 4 atom stereocenters. The first-order valence-electron chi connectivity index (χ1n) is 19.4. The van der Waals surface area contributed by atoms with Crippen LogP contribution in [0.3, 0.4) is 0 Å². The quantitative estimate of drug-likeness (QED) is 0.162. The van der Waals surface area contributed by atoms with Crippen molar-refractivity contribution in [3.05, 3.63) is 0 Å². The van der Waals surface area contributed by atoms with Crippen LogP contribution < -0.4 is 42.5 Å². The van der Waals surface area contributed by atoms with Gasteiger partial charge in [0.25, 0.3) is 23.6 Å². The summed E-state index contributed by atoms with van der Waals surface area (Å²) >= 11 is 0. The van der Waals surface area contributed by atoms with Crippen molar-refractivity contribution in [2.45, 2.75) is 140 Å². The van der Waals surface area contributed by atoms with Crippen LogP contribution in [0, 0.1) is 0 Å². The van der Waals surface area contributed by atoms with Crippen LogP contribution in [0.2, 0.25) is 0 Å². The van der Waals surface area contributed by atoms with Crippen molar-refractivity contribution >= 4 is 23.6 Å². The van der Waals surface area contributed by atoms with Crippen LogP contribution in [0.5, 0.6) is 0 Å². The highest BCUT2D eigenvalue weighted by Crippen LogP contribution is 2.21. The molecule has 16 heteroatoms. The molecule has 0 saturated carbocycles. The first-order chi connectivity index (χ1) is 24.8. The van der Waals surface area contributed by atoms with Gasteiger partial charge >= 0.3 is 0 Å². The van der Waals surface area contributed by atoms with Crippen LogP contribution in [0.4, 0.5) is 0 Å². The second kappa shape index (κ2) is 17.8. The van der Waals surface area contributed by atoms with E-state index in [1.807, 2.05) is 55.4 Å². The van der Waals surface area contributed by atoms with Gasteiger partial charge in [-0.3, -0.25) is 19.2 Å². The molecule has 4 amide bonds. The fourth-order valence-corrected chi connectivity index (χ4v) is 6.48. The zero-order valence-electron chi connectivity index (χ0n) is 35.2. The third kappa shape index (κ3) is 13.4. The average molecular weight is 769 g/mol. The van der Waals surface area contributed by atoms with Crippen molar-refractivity contribution < 1.29 is 38.1 Å². The molecule has 312 valence electrons. The van der Waals surface area contributed by atoms with Crippen LogP contribution in [0.1, 0.15) is 95.9 Å². The normalized spacial score (nSPS) is 35.8. The molecular weight excluding hydrogens is 696 g/mol. The Morgan fingerprint density at radius 1 is 0.333 bits per heavy atom. The monoisotopic (exact) mass is 769 g/mol. The van der Waals surface area contributed by atoms with E-state index in [0.29, 0.717) is 39.0 Å². The van der Waals surface area contributed by atoms with Crippen molar-refractivity contribution in [1.82, 2.24) is 42.5 Å². The number of rotatable bonds is 0. The Morgan fingerprint density at radius 2 is 0.519 bits per heavy atom. The Kier molecular flexibility index (Phi) is 15.1. The highest BCUT2D eigenvalue weighted by molar-refractivity contribution is 5.87. The Bertz CT molecular complexity index is 1130. The van der Waals surface area contributed by atoms with Crippen LogP contribution in [-0.4, -0.2) is 147 Å². The number of nitrogens with one attached hydrogen (secondary N) is 8. The SMILES string of the molecule is CC1(C)CNC[C@@]2(C)OCCCO[C@@]3(C)CNCC(C)(C)NC(=O)[C@](C)(CNCC(C)(C)NC3=O)OCCCO[C@](C)(CNCC(C)(C)NC2=O)C(=O)N1. The third-order valence-corrected chi connectivity index (χ3v) is 10.1. The van der Waals surface area contributed by atoms with E-state index in [-0.39, 0.29) is 76.2 Å². The van der Waals surface area contributed by atoms with Gasteiger partial charge in [-0.1, -0.05) is 0 Å². The van der Waals surface area contributed by atoms with Gasteiger partial charge in [0.15, 0.2) is 22.4 Å². The third-order valence-electron chi connectivity index (χ3n) is 10.1. The summed E-state index contributed by atoms with van der Waals surface area (Å²) in [5.41, 5.74) is -7.88. The smallest absolute Gasteiger partial charge is 0.253 e. The molecule has 0 spiro atoms. The minimum Gasteiger partial charge on any atom is -0.364 e. The molecule has 6 saturated heterocycles. The molecule has 16 nitrogen and oxygen atoms in total. The molecule has 4 bridgehead atoms. The molecule has 0 aromatic carbocycles.